The minimum absolute atomic E-state index is 0.232. The van der Waals surface area contributed by atoms with E-state index >= 15 is 0 Å². The van der Waals surface area contributed by atoms with Gasteiger partial charge in [0.1, 0.15) is 12.4 Å². The molecule has 0 aliphatic carbocycles. The third-order valence-corrected chi connectivity index (χ3v) is 4.27. The van der Waals surface area contributed by atoms with Crippen molar-refractivity contribution in [2.75, 3.05) is 7.11 Å². The molecule has 4 heteroatoms. The van der Waals surface area contributed by atoms with Gasteiger partial charge in [0, 0.05) is 0 Å². The minimum Gasteiger partial charge on any atom is -0.493 e. The Labute approximate surface area is 164 Å². The van der Waals surface area contributed by atoms with Crippen LogP contribution in [0, 0.1) is 24.1 Å². The van der Waals surface area contributed by atoms with E-state index in [0.29, 0.717) is 17.1 Å². The summed E-state index contributed by atoms with van der Waals surface area (Å²) in [5.41, 5.74) is 4.13. The molecule has 0 bridgehead atoms. The van der Waals surface area contributed by atoms with Gasteiger partial charge in [-0.15, -0.1) is 0 Å². The maximum atomic E-state index is 13.3. The van der Waals surface area contributed by atoms with Crippen LogP contribution in [-0.2, 0) is 6.61 Å². The maximum Gasteiger partial charge on any atom is 0.161 e. The fraction of sp³-hybridized carbons (Fsp3) is 0.125. The Hall–Kier alpha value is -3.58. The van der Waals surface area contributed by atoms with Gasteiger partial charge in [0.15, 0.2) is 11.5 Å². The Morgan fingerprint density at radius 2 is 1.82 bits per heavy atom. The maximum absolute atomic E-state index is 13.3. The number of hydrogen-bond acceptors (Lipinski definition) is 3. The highest BCUT2D eigenvalue weighted by Crippen LogP contribution is 2.30. The van der Waals surface area contributed by atoms with E-state index in [9.17, 15) is 9.65 Å². The van der Waals surface area contributed by atoms with E-state index in [1.165, 1.54) is 12.1 Å². The highest BCUT2D eigenvalue weighted by Gasteiger charge is 2.08. The van der Waals surface area contributed by atoms with Gasteiger partial charge in [-0.3, -0.25) is 0 Å². The molecule has 3 aromatic rings. The molecule has 0 N–H and O–H groups in total. The third kappa shape index (κ3) is 4.77. The van der Waals surface area contributed by atoms with Crippen LogP contribution < -0.4 is 9.47 Å². The Morgan fingerprint density at radius 3 is 2.50 bits per heavy atom. The Kier molecular flexibility index (Phi) is 6.08. The normalized spacial score (nSPS) is 11.0. The molecule has 0 aromatic heterocycles. The number of allylic oxidation sites excluding steroid dienone is 1. The Balaban J connectivity index is 1.82. The summed E-state index contributed by atoms with van der Waals surface area (Å²) in [6.45, 7) is 2.24. The van der Waals surface area contributed by atoms with Gasteiger partial charge in [-0.1, -0.05) is 48.0 Å². The van der Waals surface area contributed by atoms with Gasteiger partial charge in [-0.25, -0.2) is 4.39 Å². The zero-order valence-electron chi connectivity index (χ0n) is 15.8. The molecule has 0 unspecified atom stereocenters. The van der Waals surface area contributed by atoms with Crippen LogP contribution in [0.1, 0.15) is 22.3 Å². The number of aryl methyl sites for hydroxylation is 1. The van der Waals surface area contributed by atoms with Crippen LogP contribution >= 0.6 is 0 Å². The van der Waals surface area contributed by atoms with Gasteiger partial charge < -0.3 is 9.47 Å². The second-order valence-electron chi connectivity index (χ2n) is 6.36. The first-order chi connectivity index (χ1) is 13.6. The molecule has 3 nitrogen and oxygen atoms in total. The summed E-state index contributed by atoms with van der Waals surface area (Å²) in [6, 6.07) is 21.8. The highest BCUT2D eigenvalue weighted by atomic mass is 19.1. The van der Waals surface area contributed by atoms with E-state index in [2.05, 4.69) is 6.07 Å². The Morgan fingerprint density at radius 1 is 1.04 bits per heavy atom. The van der Waals surface area contributed by atoms with Crippen molar-refractivity contribution < 1.29 is 13.9 Å². The van der Waals surface area contributed by atoms with Crippen LogP contribution in [-0.4, -0.2) is 7.11 Å². The second kappa shape index (κ2) is 8.88. The van der Waals surface area contributed by atoms with Crippen molar-refractivity contribution in [3.05, 3.63) is 94.8 Å². The van der Waals surface area contributed by atoms with Crippen molar-refractivity contribution in [2.45, 2.75) is 13.5 Å². The zero-order valence-corrected chi connectivity index (χ0v) is 15.8. The SMILES string of the molecule is COc1cc(/C=C(/C#N)c2ccc(C)cc2)ccc1OCc1cccc(F)c1. The summed E-state index contributed by atoms with van der Waals surface area (Å²) in [5, 5.41) is 9.52. The van der Waals surface area contributed by atoms with Gasteiger partial charge in [0.05, 0.1) is 18.8 Å². The number of halogens is 1. The number of hydrogen-bond donors (Lipinski definition) is 0. The number of ether oxygens (including phenoxy) is 2. The number of rotatable bonds is 6. The number of nitrogens with zero attached hydrogens (tertiary/aromatic N) is 1. The average Bonchev–Trinajstić information content (AvgIpc) is 2.71. The lowest BCUT2D eigenvalue weighted by Gasteiger charge is -2.12. The Bertz CT molecular complexity index is 1030. The van der Waals surface area contributed by atoms with E-state index < -0.39 is 0 Å². The molecular weight excluding hydrogens is 353 g/mol. The summed E-state index contributed by atoms with van der Waals surface area (Å²) in [7, 11) is 1.56. The molecule has 0 heterocycles. The largest absolute Gasteiger partial charge is 0.493 e. The molecule has 3 aromatic carbocycles. The van der Waals surface area contributed by atoms with Crippen LogP contribution in [0.4, 0.5) is 4.39 Å². The molecule has 3 rings (SSSR count). The smallest absolute Gasteiger partial charge is 0.161 e. The standard InChI is InChI=1S/C24H20FNO2/c1-17-6-9-20(10-7-17)21(15-26)12-18-8-11-23(24(14-18)27-2)28-16-19-4-3-5-22(25)13-19/h3-14H,16H2,1-2H3/b21-12-. The van der Waals surface area contributed by atoms with Crippen LogP contribution in [0.5, 0.6) is 11.5 Å². The van der Waals surface area contributed by atoms with E-state index in [1.54, 1.807) is 25.3 Å². The van der Waals surface area contributed by atoms with Crippen molar-refractivity contribution in [1.29, 1.82) is 5.26 Å². The van der Waals surface area contributed by atoms with Crippen molar-refractivity contribution in [1.82, 2.24) is 0 Å². The van der Waals surface area contributed by atoms with Gasteiger partial charge in [-0.2, -0.15) is 5.26 Å². The summed E-state index contributed by atoms with van der Waals surface area (Å²) < 4.78 is 24.5. The molecule has 0 saturated heterocycles. The number of benzene rings is 3. The molecule has 0 atom stereocenters. The van der Waals surface area contributed by atoms with Crippen molar-refractivity contribution >= 4 is 11.6 Å². The van der Waals surface area contributed by atoms with Gasteiger partial charge in [0.2, 0.25) is 0 Å². The molecule has 0 aliphatic heterocycles. The van der Waals surface area contributed by atoms with Gasteiger partial charge in [0.25, 0.3) is 0 Å². The second-order valence-corrected chi connectivity index (χ2v) is 6.36. The highest BCUT2D eigenvalue weighted by molar-refractivity contribution is 5.89. The first kappa shape index (κ1) is 19.2. The lowest BCUT2D eigenvalue weighted by atomic mass is 10.0. The molecule has 0 radical (unpaired) electrons. The summed E-state index contributed by atoms with van der Waals surface area (Å²) in [4.78, 5) is 0. The van der Waals surface area contributed by atoms with E-state index in [1.807, 2.05) is 49.4 Å². The monoisotopic (exact) mass is 373 g/mol. The fourth-order valence-corrected chi connectivity index (χ4v) is 2.76. The minimum atomic E-state index is -0.298. The molecule has 140 valence electrons. The quantitative estimate of drug-likeness (QED) is 0.406. The van der Waals surface area contributed by atoms with Crippen molar-refractivity contribution in [3.63, 3.8) is 0 Å². The van der Waals surface area contributed by atoms with Crippen LogP contribution in [0.3, 0.4) is 0 Å². The lowest BCUT2D eigenvalue weighted by molar-refractivity contribution is 0.284. The topological polar surface area (TPSA) is 42.2 Å². The molecule has 28 heavy (non-hydrogen) atoms. The third-order valence-electron chi connectivity index (χ3n) is 4.27. The zero-order chi connectivity index (χ0) is 19.9. The summed E-state index contributed by atoms with van der Waals surface area (Å²) in [5.74, 6) is 0.804. The summed E-state index contributed by atoms with van der Waals surface area (Å²) in [6.07, 6.45) is 1.81. The van der Waals surface area contributed by atoms with Crippen LogP contribution in [0.2, 0.25) is 0 Å². The predicted octanol–water partition coefficient (Wildman–Crippen LogP) is 5.79. The van der Waals surface area contributed by atoms with E-state index in [-0.39, 0.29) is 12.4 Å². The lowest BCUT2D eigenvalue weighted by Crippen LogP contribution is -1.98. The molecule has 0 fully saturated rings. The molecule has 0 spiro atoms. The molecule has 0 amide bonds. The van der Waals surface area contributed by atoms with Crippen molar-refractivity contribution in [3.8, 4) is 17.6 Å². The summed E-state index contributed by atoms with van der Waals surface area (Å²) >= 11 is 0. The molecule has 0 aliphatic rings. The van der Waals surface area contributed by atoms with Gasteiger partial charge in [-0.05, 0) is 54.0 Å². The van der Waals surface area contributed by atoms with Gasteiger partial charge >= 0.3 is 0 Å². The predicted molar refractivity (Wildman–Crippen MR) is 108 cm³/mol. The fourth-order valence-electron chi connectivity index (χ4n) is 2.76. The van der Waals surface area contributed by atoms with Crippen LogP contribution in [0.15, 0.2) is 66.7 Å². The van der Waals surface area contributed by atoms with Crippen molar-refractivity contribution in [2.24, 2.45) is 0 Å². The first-order valence-electron chi connectivity index (χ1n) is 8.83. The van der Waals surface area contributed by atoms with E-state index in [4.69, 9.17) is 9.47 Å². The average molecular weight is 373 g/mol. The molecular formula is C24H20FNO2. The molecule has 0 saturated carbocycles. The number of nitriles is 1. The van der Waals surface area contributed by atoms with E-state index in [0.717, 1.165) is 22.3 Å². The number of methoxy groups -OCH3 is 1. The first-order valence-corrected chi connectivity index (χ1v) is 8.83. The van der Waals surface area contributed by atoms with Crippen LogP contribution in [0.25, 0.3) is 11.6 Å².